The van der Waals surface area contributed by atoms with Crippen LogP contribution in [0.4, 0.5) is 0 Å². The molecule has 5 nitrogen and oxygen atoms in total. The number of carbonyl (C=O) groups is 1. The Morgan fingerprint density at radius 2 is 1.94 bits per heavy atom. The molecule has 0 spiro atoms. The summed E-state index contributed by atoms with van der Waals surface area (Å²) in [6.45, 7) is 6.74. The third kappa shape index (κ3) is 10.5. The van der Waals surface area contributed by atoms with Crippen molar-refractivity contribution in [2.75, 3.05) is 33.5 Å². The molecule has 1 amide bonds. The van der Waals surface area contributed by atoms with Crippen LogP contribution in [-0.4, -0.2) is 45.4 Å². The fourth-order valence-electron chi connectivity index (χ4n) is 1.53. The van der Waals surface area contributed by atoms with Crippen molar-refractivity contribution in [2.45, 2.75) is 39.2 Å². The molecule has 1 atom stereocenters. The molecule has 108 valence electrons. The van der Waals surface area contributed by atoms with E-state index in [1.165, 1.54) is 0 Å². The van der Waals surface area contributed by atoms with Gasteiger partial charge in [0.2, 0.25) is 5.91 Å². The van der Waals surface area contributed by atoms with Crippen molar-refractivity contribution in [3.05, 3.63) is 0 Å². The maximum absolute atomic E-state index is 11.6. The van der Waals surface area contributed by atoms with Gasteiger partial charge < -0.3 is 20.5 Å². The minimum Gasteiger partial charge on any atom is -0.382 e. The highest BCUT2D eigenvalue weighted by molar-refractivity contribution is 5.81. The number of ether oxygens (including phenoxy) is 2. The first-order chi connectivity index (χ1) is 8.57. The lowest BCUT2D eigenvalue weighted by atomic mass is 10.0. The molecule has 0 aliphatic rings. The smallest absolute Gasteiger partial charge is 0.236 e. The van der Waals surface area contributed by atoms with Crippen LogP contribution >= 0.6 is 0 Å². The number of methoxy groups -OCH3 is 1. The molecule has 0 saturated carbocycles. The Hall–Kier alpha value is -0.650. The Kier molecular flexibility index (Phi) is 11.0. The van der Waals surface area contributed by atoms with E-state index < -0.39 is 0 Å². The summed E-state index contributed by atoms with van der Waals surface area (Å²) in [5.74, 6) is 0.393. The zero-order valence-electron chi connectivity index (χ0n) is 11.9. The second-order valence-corrected chi connectivity index (χ2v) is 4.84. The highest BCUT2D eigenvalue weighted by Gasteiger charge is 2.13. The number of nitrogens with two attached hydrogens (primary N) is 1. The summed E-state index contributed by atoms with van der Waals surface area (Å²) in [7, 11) is 1.65. The van der Waals surface area contributed by atoms with Gasteiger partial charge in [0.1, 0.15) is 0 Å². The number of hydrogen-bond acceptors (Lipinski definition) is 4. The van der Waals surface area contributed by atoms with Crippen LogP contribution in [0.1, 0.15) is 33.1 Å². The van der Waals surface area contributed by atoms with E-state index >= 15 is 0 Å². The average Bonchev–Trinajstić information content (AvgIpc) is 2.31. The summed E-state index contributed by atoms with van der Waals surface area (Å²) in [6, 6.07) is -0.386. The Labute approximate surface area is 110 Å². The number of hydrogen-bond donors (Lipinski definition) is 2. The van der Waals surface area contributed by atoms with Gasteiger partial charge in [0.05, 0.1) is 19.3 Å². The normalized spacial score (nSPS) is 12.7. The summed E-state index contributed by atoms with van der Waals surface area (Å²) >= 11 is 0. The standard InChI is InChI=1S/C13H28N2O3/c1-11(2)10-12(14)13(16)15-6-4-5-7-18-9-8-17-3/h11-12H,4-10,14H2,1-3H3,(H,15,16). The van der Waals surface area contributed by atoms with E-state index in [1.807, 2.05) is 0 Å². The van der Waals surface area contributed by atoms with Gasteiger partial charge in [-0.1, -0.05) is 13.8 Å². The van der Waals surface area contributed by atoms with Crippen molar-refractivity contribution in [1.82, 2.24) is 5.32 Å². The molecule has 0 fully saturated rings. The molecule has 18 heavy (non-hydrogen) atoms. The predicted octanol–water partition coefficient (Wildman–Crippen LogP) is 0.919. The first-order valence-electron chi connectivity index (χ1n) is 6.68. The summed E-state index contributed by atoms with van der Waals surface area (Å²) in [4.78, 5) is 11.6. The number of nitrogens with one attached hydrogen (secondary N) is 1. The molecule has 1 unspecified atom stereocenters. The topological polar surface area (TPSA) is 73.6 Å². The Balaban J connectivity index is 3.35. The fraction of sp³-hybridized carbons (Fsp3) is 0.923. The van der Waals surface area contributed by atoms with E-state index in [0.29, 0.717) is 32.3 Å². The van der Waals surface area contributed by atoms with Crippen LogP contribution in [0.2, 0.25) is 0 Å². The number of carbonyl (C=O) groups excluding carboxylic acids is 1. The number of amides is 1. The first kappa shape index (κ1) is 17.4. The van der Waals surface area contributed by atoms with E-state index in [-0.39, 0.29) is 11.9 Å². The molecule has 0 saturated heterocycles. The van der Waals surface area contributed by atoms with Crippen LogP contribution in [0.5, 0.6) is 0 Å². The van der Waals surface area contributed by atoms with E-state index in [0.717, 1.165) is 19.3 Å². The largest absolute Gasteiger partial charge is 0.382 e. The lowest BCUT2D eigenvalue weighted by Gasteiger charge is -2.14. The van der Waals surface area contributed by atoms with E-state index in [4.69, 9.17) is 15.2 Å². The Bertz CT molecular complexity index is 210. The van der Waals surface area contributed by atoms with Crippen LogP contribution in [0.15, 0.2) is 0 Å². The van der Waals surface area contributed by atoms with Crippen molar-refractivity contribution in [3.63, 3.8) is 0 Å². The number of unbranched alkanes of at least 4 members (excludes halogenated alkanes) is 1. The van der Waals surface area contributed by atoms with Crippen molar-refractivity contribution in [3.8, 4) is 0 Å². The van der Waals surface area contributed by atoms with Crippen LogP contribution in [0.25, 0.3) is 0 Å². The molecule has 5 heteroatoms. The lowest BCUT2D eigenvalue weighted by molar-refractivity contribution is -0.122. The van der Waals surface area contributed by atoms with Gasteiger partial charge in [-0.05, 0) is 25.2 Å². The predicted molar refractivity (Wildman–Crippen MR) is 72.4 cm³/mol. The van der Waals surface area contributed by atoms with Crippen molar-refractivity contribution in [2.24, 2.45) is 11.7 Å². The SMILES string of the molecule is COCCOCCCCNC(=O)C(N)CC(C)C. The van der Waals surface area contributed by atoms with Gasteiger partial charge in [0.15, 0.2) is 0 Å². The second kappa shape index (κ2) is 11.4. The van der Waals surface area contributed by atoms with Gasteiger partial charge in [0, 0.05) is 20.3 Å². The molecule has 0 rings (SSSR count). The van der Waals surface area contributed by atoms with Gasteiger partial charge >= 0.3 is 0 Å². The zero-order chi connectivity index (χ0) is 13.8. The first-order valence-corrected chi connectivity index (χ1v) is 6.68. The molecule has 0 radical (unpaired) electrons. The molecule has 0 aliphatic carbocycles. The van der Waals surface area contributed by atoms with E-state index in [9.17, 15) is 4.79 Å². The number of rotatable bonds is 11. The summed E-state index contributed by atoms with van der Waals surface area (Å²) in [5.41, 5.74) is 5.76. The van der Waals surface area contributed by atoms with E-state index in [1.54, 1.807) is 7.11 Å². The third-order valence-corrected chi connectivity index (χ3v) is 2.51. The zero-order valence-corrected chi connectivity index (χ0v) is 11.9. The minimum atomic E-state index is -0.386. The molecular weight excluding hydrogens is 232 g/mol. The van der Waals surface area contributed by atoms with E-state index in [2.05, 4.69) is 19.2 Å². The van der Waals surface area contributed by atoms with Crippen LogP contribution in [0, 0.1) is 5.92 Å². The molecule has 0 bridgehead atoms. The molecule has 0 heterocycles. The van der Waals surface area contributed by atoms with Gasteiger partial charge in [-0.3, -0.25) is 4.79 Å². The molecule has 0 aromatic carbocycles. The minimum absolute atomic E-state index is 0.0519. The monoisotopic (exact) mass is 260 g/mol. The average molecular weight is 260 g/mol. The maximum Gasteiger partial charge on any atom is 0.236 e. The molecular formula is C13H28N2O3. The highest BCUT2D eigenvalue weighted by Crippen LogP contribution is 2.02. The van der Waals surface area contributed by atoms with Crippen LogP contribution in [0.3, 0.4) is 0 Å². The molecule has 0 aliphatic heterocycles. The van der Waals surface area contributed by atoms with Gasteiger partial charge in [0.25, 0.3) is 0 Å². The fourth-order valence-corrected chi connectivity index (χ4v) is 1.53. The maximum atomic E-state index is 11.6. The summed E-state index contributed by atoms with van der Waals surface area (Å²) < 4.78 is 10.2. The third-order valence-electron chi connectivity index (χ3n) is 2.51. The molecule has 3 N–H and O–H groups in total. The summed E-state index contributed by atoms with van der Waals surface area (Å²) in [5, 5.41) is 2.85. The van der Waals surface area contributed by atoms with Gasteiger partial charge in [-0.2, -0.15) is 0 Å². The van der Waals surface area contributed by atoms with Crippen LogP contribution in [-0.2, 0) is 14.3 Å². The van der Waals surface area contributed by atoms with Crippen LogP contribution < -0.4 is 11.1 Å². The highest BCUT2D eigenvalue weighted by atomic mass is 16.5. The van der Waals surface area contributed by atoms with Crippen molar-refractivity contribution in [1.29, 1.82) is 0 Å². The molecule has 0 aromatic heterocycles. The lowest BCUT2D eigenvalue weighted by Crippen LogP contribution is -2.41. The van der Waals surface area contributed by atoms with Gasteiger partial charge in [-0.15, -0.1) is 0 Å². The second-order valence-electron chi connectivity index (χ2n) is 4.84. The molecule has 0 aromatic rings. The Morgan fingerprint density at radius 1 is 1.22 bits per heavy atom. The quantitative estimate of drug-likeness (QED) is 0.542. The van der Waals surface area contributed by atoms with Crippen molar-refractivity contribution < 1.29 is 14.3 Å². The van der Waals surface area contributed by atoms with Gasteiger partial charge in [-0.25, -0.2) is 0 Å². The Morgan fingerprint density at radius 3 is 2.56 bits per heavy atom. The summed E-state index contributed by atoms with van der Waals surface area (Å²) in [6.07, 6.45) is 2.57. The van der Waals surface area contributed by atoms with Crippen molar-refractivity contribution >= 4 is 5.91 Å².